The van der Waals surface area contributed by atoms with Gasteiger partial charge < -0.3 is 10.2 Å². The molecule has 5 heteroatoms. The Morgan fingerprint density at radius 2 is 2.35 bits per heavy atom. The summed E-state index contributed by atoms with van der Waals surface area (Å²) < 4.78 is 18.6. The predicted octanol–water partition coefficient (Wildman–Crippen LogP) is 2.26. The summed E-state index contributed by atoms with van der Waals surface area (Å²) in [6, 6.07) is 6.28. The van der Waals surface area contributed by atoms with Gasteiger partial charge in [-0.05, 0) is 43.6 Å². The average molecular weight is 275 g/mol. The lowest BCUT2D eigenvalue weighted by atomic mass is 10.1. The summed E-state index contributed by atoms with van der Waals surface area (Å²) in [7, 11) is 0. The minimum absolute atomic E-state index is 0.285. The van der Waals surface area contributed by atoms with Crippen molar-refractivity contribution >= 4 is 0 Å². The molecule has 4 nitrogen and oxygen atoms in total. The zero-order valence-corrected chi connectivity index (χ0v) is 11.3. The van der Waals surface area contributed by atoms with Crippen LogP contribution in [0, 0.1) is 11.7 Å². The molecule has 1 atom stereocenters. The highest BCUT2D eigenvalue weighted by molar-refractivity contribution is 5.52. The Morgan fingerprint density at radius 3 is 3.10 bits per heavy atom. The molecular weight excluding hydrogens is 257 g/mol. The number of likely N-dealkylation sites (tertiary alicyclic amines) is 1. The minimum atomic E-state index is -0.285. The van der Waals surface area contributed by atoms with Gasteiger partial charge in [0.15, 0.2) is 0 Å². The van der Waals surface area contributed by atoms with Crippen molar-refractivity contribution < 1.29 is 8.81 Å². The number of hydrogen-bond donors (Lipinski definition) is 1. The van der Waals surface area contributed by atoms with Crippen molar-refractivity contribution in [2.45, 2.75) is 13.0 Å². The highest BCUT2D eigenvalue weighted by atomic mass is 19.1. The van der Waals surface area contributed by atoms with E-state index in [-0.39, 0.29) is 5.82 Å². The largest absolute Gasteiger partial charge is 0.444 e. The monoisotopic (exact) mass is 275 g/mol. The fourth-order valence-corrected chi connectivity index (χ4v) is 2.61. The quantitative estimate of drug-likeness (QED) is 0.930. The molecule has 1 saturated heterocycles. The number of aromatic nitrogens is 1. The molecule has 106 valence electrons. The first-order chi connectivity index (χ1) is 9.74. The molecule has 0 amide bonds. The maximum absolute atomic E-state index is 13.2. The predicted molar refractivity (Wildman–Crippen MR) is 74.3 cm³/mol. The molecule has 1 aliphatic rings. The van der Waals surface area contributed by atoms with Crippen LogP contribution < -0.4 is 5.73 Å². The molecule has 1 unspecified atom stereocenters. The Morgan fingerprint density at radius 1 is 1.45 bits per heavy atom. The van der Waals surface area contributed by atoms with Gasteiger partial charge in [-0.1, -0.05) is 6.07 Å². The number of rotatable bonds is 4. The highest BCUT2D eigenvalue weighted by Gasteiger charge is 2.22. The molecule has 0 bridgehead atoms. The van der Waals surface area contributed by atoms with Crippen molar-refractivity contribution in [2.24, 2.45) is 11.7 Å². The van der Waals surface area contributed by atoms with E-state index < -0.39 is 0 Å². The van der Waals surface area contributed by atoms with Crippen molar-refractivity contribution in [1.29, 1.82) is 0 Å². The third-order valence-electron chi connectivity index (χ3n) is 3.71. The Balaban J connectivity index is 1.68. The van der Waals surface area contributed by atoms with Crippen LogP contribution in [0.15, 0.2) is 34.9 Å². The van der Waals surface area contributed by atoms with Crippen LogP contribution >= 0.6 is 0 Å². The van der Waals surface area contributed by atoms with Crippen LogP contribution in [0.3, 0.4) is 0 Å². The molecule has 2 aromatic rings. The van der Waals surface area contributed by atoms with E-state index in [4.69, 9.17) is 10.2 Å². The molecule has 0 radical (unpaired) electrons. The van der Waals surface area contributed by atoms with Gasteiger partial charge in [0, 0.05) is 18.7 Å². The molecule has 3 rings (SSSR count). The topological polar surface area (TPSA) is 55.3 Å². The fraction of sp³-hybridized carbons (Fsp3) is 0.400. The van der Waals surface area contributed by atoms with E-state index in [2.05, 4.69) is 9.88 Å². The maximum atomic E-state index is 13.2. The summed E-state index contributed by atoms with van der Waals surface area (Å²) >= 11 is 0. The first kappa shape index (κ1) is 13.3. The van der Waals surface area contributed by atoms with E-state index in [0.29, 0.717) is 17.4 Å². The number of nitrogens with zero attached hydrogens (tertiary/aromatic N) is 2. The van der Waals surface area contributed by atoms with Gasteiger partial charge in [0.05, 0.1) is 5.69 Å². The third-order valence-corrected chi connectivity index (χ3v) is 3.71. The summed E-state index contributed by atoms with van der Waals surface area (Å²) in [4.78, 5) is 6.75. The summed E-state index contributed by atoms with van der Waals surface area (Å²) in [6.07, 6.45) is 2.79. The fourth-order valence-electron chi connectivity index (χ4n) is 2.61. The number of hydrogen-bond acceptors (Lipinski definition) is 4. The van der Waals surface area contributed by atoms with E-state index in [1.165, 1.54) is 12.1 Å². The van der Waals surface area contributed by atoms with E-state index in [1.807, 2.05) is 0 Å². The van der Waals surface area contributed by atoms with Gasteiger partial charge in [0.25, 0.3) is 0 Å². The molecular formula is C15H18FN3O. The Kier molecular flexibility index (Phi) is 3.80. The van der Waals surface area contributed by atoms with E-state index in [0.717, 1.165) is 38.3 Å². The van der Waals surface area contributed by atoms with Gasteiger partial charge in [-0.3, -0.25) is 4.90 Å². The summed E-state index contributed by atoms with van der Waals surface area (Å²) in [6.45, 7) is 3.56. The van der Waals surface area contributed by atoms with Crippen molar-refractivity contribution in [1.82, 2.24) is 9.88 Å². The zero-order chi connectivity index (χ0) is 13.9. The molecule has 0 aliphatic carbocycles. The third kappa shape index (κ3) is 2.89. The van der Waals surface area contributed by atoms with Gasteiger partial charge in [-0.25, -0.2) is 9.37 Å². The molecule has 1 aromatic carbocycles. The minimum Gasteiger partial charge on any atom is -0.444 e. The Labute approximate surface area is 117 Å². The molecule has 1 aliphatic heterocycles. The molecule has 2 heterocycles. The Hall–Kier alpha value is -1.72. The van der Waals surface area contributed by atoms with Crippen molar-refractivity contribution in [3.63, 3.8) is 0 Å². The molecule has 1 aromatic heterocycles. The van der Waals surface area contributed by atoms with E-state index in [1.54, 1.807) is 18.4 Å². The Bertz CT molecular complexity index is 584. The van der Waals surface area contributed by atoms with Gasteiger partial charge in [0.1, 0.15) is 12.1 Å². The van der Waals surface area contributed by atoms with E-state index >= 15 is 0 Å². The van der Waals surface area contributed by atoms with Gasteiger partial charge in [-0.2, -0.15) is 0 Å². The summed E-state index contributed by atoms with van der Waals surface area (Å²) in [5.41, 5.74) is 7.23. The normalized spacial score (nSPS) is 19.6. The van der Waals surface area contributed by atoms with Crippen molar-refractivity contribution in [3.8, 4) is 11.5 Å². The van der Waals surface area contributed by atoms with Crippen molar-refractivity contribution in [3.05, 3.63) is 42.0 Å². The van der Waals surface area contributed by atoms with Gasteiger partial charge in [0.2, 0.25) is 5.89 Å². The number of halogens is 1. The van der Waals surface area contributed by atoms with Crippen LogP contribution in [0.5, 0.6) is 0 Å². The van der Waals surface area contributed by atoms with Crippen LogP contribution in [0.1, 0.15) is 12.1 Å². The maximum Gasteiger partial charge on any atom is 0.226 e. The first-order valence-electron chi connectivity index (χ1n) is 6.87. The molecule has 20 heavy (non-hydrogen) atoms. The van der Waals surface area contributed by atoms with Crippen LogP contribution in [0.25, 0.3) is 11.5 Å². The van der Waals surface area contributed by atoms with Gasteiger partial charge in [-0.15, -0.1) is 0 Å². The SMILES string of the molecule is NCC1CCN(Cc2coc(-c3cccc(F)c3)n2)C1. The van der Waals surface area contributed by atoms with Crippen LogP contribution in [0.2, 0.25) is 0 Å². The number of benzene rings is 1. The van der Waals surface area contributed by atoms with Crippen LogP contribution in [-0.4, -0.2) is 29.5 Å². The first-order valence-corrected chi connectivity index (χ1v) is 6.87. The standard InChI is InChI=1S/C15H18FN3O/c16-13-3-1-2-12(6-13)15-18-14(10-20-15)9-19-5-4-11(7-17)8-19/h1-3,6,10-11H,4-5,7-9,17H2. The second-order valence-corrected chi connectivity index (χ2v) is 5.28. The molecule has 1 fully saturated rings. The molecule has 2 N–H and O–H groups in total. The summed E-state index contributed by atoms with van der Waals surface area (Å²) in [5, 5.41) is 0. The van der Waals surface area contributed by atoms with Crippen molar-refractivity contribution in [2.75, 3.05) is 19.6 Å². The smallest absolute Gasteiger partial charge is 0.226 e. The second kappa shape index (κ2) is 5.73. The van der Waals surface area contributed by atoms with Crippen LogP contribution in [-0.2, 0) is 6.54 Å². The van der Waals surface area contributed by atoms with Gasteiger partial charge >= 0.3 is 0 Å². The molecule has 0 spiro atoms. The second-order valence-electron chi connectivity index (χ2n) is 5.28. The zero-order valence-electron chi connectivity index (χ0n) is 11.3. The molecule has 0 saturated carbocycles. The lowest BCUT2D eigenvalue weighted by Gasteiger charge is -2.13. The summed E-state index contributed by atoms with van der Waals surface area (Å²) in [5.74, 6) is 0.770. The van der Waals surface area contributed by atoms with E-state index in [9.17, 15) is 4.39 Å². The van der Waals surface area contributed by atoms with Crippen LogP contribution in [0.4, 0.5) is 4.39 Å². The average Bonchev–Trinajstić information content (AvgIpc) is 3.08. The number of nitrogens with two attached hydrogens (primary N) is 1. The lowest BCUT2D eigenvalue weighted by molar-refractivity contribution is 0.313. The lowest BCUT2D eigenvalue weighted by Crippen LogP contribution is -2.22. The number of oxazole rings is 1. The highest BCUT2D eigenvalue weighted by Crippen LogP contribution is 2.22.